The highest BCUT2D eigenvalue weighted by Gasteiger charge is 2.24. The molecule has 2 nitrogen and oxygen atoms in total. The zero-order valence-corrected chi connectivity index (χ0v) is 9.18. The number of hydrogen-bond acceptors (Lipinski definition) is 1. The topological polar surface area (TPSA) is 20.3 Å². The Kier molecular flexibility index (Phi) is 4.04. The van der Waals surface area contributed by atoms with E-state index in [4.69, 9.17) is 11.6 Å². The fraction of sp³-hybridized carbons (Fsp3) is 0.900. The van der Waals surface area contributed by atoms with Crippen molar-refractivity contribution >= 4 is 17.5 Å². The molecular formula is C10H18ClNO. The number of piperidine rings is 1. The molecule has 1 fully saturated rings. The van der Waals surface area contributed by atoms with Crippen LogP contribution in [-0.2, 0) is 4.79 Å². The van der Waals surface area contributed by atoms with Gasteiger partial charge in [-0.3, -0.25) is 4.79 Å². The van der Waals surface area contributed by atoms with Crippen LogP contribution in [0.25, 0.3) is 0 Å². The highest BCUT2D eigenvalue weighted by Crippen LogP contribution is 2.18. The first-order valence-electron chi connectivity index (χ1n) is 5.08. The van der Waals surface area contributed by atoms with E-state index >= 15 is 0 Å². The van der Waals surface area contributed by atoms with E-state index in [1.165, 1.54) is 6.42 Å². The SMILES string of the molecule is CC[C@H](Cl)C(=O)N1CCC[C@@H](C)C1. The highest BCUT2D eigenvalue weighted by atomic mass is 35.5. The lowest BCUT2D eigenvalue weighted by Gasteiger charge is -2.32. The molecule has 0 aromatic heterocycles. The first kappa shape index (κ1) is 10.8. The predicted octanol–water partition coefficient (Wildman–Crippen LogP) is 2.26. The highest BCUT2D eigenvalue weighted by molar-refractivity contribution is 6.30. The molecule has 0 aromatic rings. The van der Waals surface area contributed by atoms with E-state index in [1.54, 1.807) is 0 Å². The number of likely N-dealkylation sites (tertiary alicyclic amines) is 1. The fourth-order valence-corrected chi connectivity index (χ4v) is 1.90. The molecule has 2 atom stereocenters. The summed E-state index contributed by atoms with van der Waals surface area (Å²) in [4.78, 5) is 13.6. The molecule has 0 bridgehead atoms. The Morgan fingerprint density at radius 3 is 2.92 bits per heavy atom. The summed E-state index contributed by atoms with van der Waals surface area (Å²) >= 11 is 5.91. The molecule has 76 valence electrons. The van der Waals surface area contributed by atoms with Crippen molar-refractivity contribution in [3.05, 3.63) is 0 Å². The van der Waals surface area contributed by atoms with Crippen molar-refractivity contribution in [3.8, 4) is 0 Å². The average Bonchev–Trinajstić information content (AvgIpc) is 2.15. The van der Waals surface area contributed by atoms with Crippen molar-refractivity contribution < 1.29 is 4.79 Å². The minimum absolute atomic E-state index is 0.121. The minimum Gasteiger partial charge on any atom is -0.341 e. The first-order valence-corrected chi connectivity index (χ1v) is 5.51. The van der Waals surface area contributed by atoms with Crippen LogP contribution in [0.1, 0.15) is 33.1 Å². The van der Waals surface area contributed by atoms with Crippen LogP contribution < -0.4 is 0 Å². The lowest BCUT2D eigenvalue weighted by atomic mass is 10.00. The second-order valence-corrected chi connectivity index (χ2v) is 4.43. The molecule has 1 heterocycles. The molecule has 1 aliphatic heterocycles. The number of rotatable bonds is 2. The van der Waals surface area contributed by atoms with Crippen molar-refractivity contribution in [2.45, 2.75) is 38.5 Å². The standard InChI is InChI=1S/C10H18ClNO/c1-3-9(11)10(13)12-6-4-5-8(2)7-12/h8-9H,3-7H2,1-2H3/t8-,9+/m1/s1. The van der Waals surface area contributed by atoms with Crippen molar-refractivity contribution in [3.63, 3.8) is 0 Å². The van der Waals surface area contributed by atoms with Crippen LogP contribution in [0.2, 0.25) is 0 Å². The van der Waals surface area contributed by atoms with Gasteiger partial charge in [-0.05, 0) is 25.2 Å². The monoisotopic (exact) mass is 203 g/mol. The normalized spacial score (nSPS) is 25.8. The molecule has 0 unspecified atom stereocenters. The summed E-state index contributed by atoms with van der Waals surface area (Å²) < 4.78 is 0. The van der Waals surface area contributed by atoms with Gasteiger partial charge < -0.3 is 4.90 Å². The minimum atomic E-state index is -0.315. The predicted molar refractivity (Wildman–Crippen MR) is 54.9 cm³/mol. The molecule has 1 saturated heterocycles. The Balaban J connectivity index is 2.46. The average molecular weight is 204 g/mol. The quantitative estimate of drug-likeness (QED) is 0.631. The lowest BCUT2D eigenvalue weighted by molar-refractivity contribution is -0.132. The van der Waals surface area contributed by atoms with Gasteiger partial charge in [0.25, 0.3) is 0 Å². The van der Waals surface area contributed by atoms with E-state index in [0.29, 0.717) is 5.92 Å². The molecule has 0 radical (unpaired) electrons. The van der Waals surface area contributed by atoms with Gasteiger partial charge in [0.15, 0.2) is 0 Å². The Morgan fingerprint density at radius 2 is 2.38 bits per heavy atom. The first-order chi connectivity index (χ1) is 6.15. The second-order valence-electron chi connectivity index (χ2n) is 3.91. The molecule has 0 N–H and O–H groups in total. The van der Waals surface area contributed by atoms with Crippen LogP contribution in [0.5, 0.6) is 0 Å². The summed E-state index contributed by atoms with van der Waals surface area (Å²) in [6.45, 7) is 5.92. The molecule has 0 saturated carbocycles. The van der Waals surface area contributed by atoms with E-state index in [1.807, 2.05) is 11.8 Å². The Morgan fingerprint density at radius 1 is 1.69 bits per heavy atom. The van der Waals surface area contributed by atoms with Crippen molar-refractivity contribution in [2.75, 3.05) is 13.1 Å². The van der Waals surface area contributed by atoms with E-state index in [9.17, 15) is 4.79 Å². The number of alkyl halides is 1. The summed E-state index contributed by atoms with van der Waals surface area (Å²) in [6, 6.07) is 0. The maximum atomic E-state index is 11.7. The van der Waals surface area contributed by atoms with Gasteiger partial charge in [-0.25, -0.2) is 0 Å². The summed E-state index contributed by atoms with van der Waals surface area (Å²) in [7, 11) is 0. The van der Waals surface area contributed by atoms with E-state index in [-0.39, 0.29) is 11.3 Å². The molecule has 13 heavy (non-hydrogen) atoms. The van der Waals surface area contributed by atoms with Gasteiger partial charge >= 0.3 is 0 Å². The van der Waals surface area contributed by atoms with Crippen LogP contribution in [0.15, 0.2) is 0 Å². The third kappa shape index (κ3) is 2.87. The van der Waals surface area contributed by atoms with E-state index < -0.39 is 0 Å². The Bertz CT molecular complexity index is 184. The summed E-state index contributed by atoms with van der Waals surface area (Å²) in [5, 5.41) is -0.315. The molecule has 1 amide bonds. The van der Waals surface area contributed by atoms with Crippen molar-refractivity contribution in [1.29, 1.82) is 0 Å². The van der Waals surface area contributed by atoms with Crippen LogP contribution in [0.4, 0.5) is 0 Å². The molecule has 0 spiro atoms. The zero-order valence-electron chi connectivity index (χ0n) is 8.42. The third-order valence-corrected chi connectivity index (χ3v) is 3.09. The van der Waals surface area contributed by atoms with Gasteiger partial charge in [0.1, 0.15) is 5.38 Å². The number of carbonyl (C=O) groups excluding carboxylic acids is 1. The van der Waals surface area contributed by atoms with E-state index in [2.05, 4.69) is 6.92 Å². The van der Waals surface area contributed by atoms with Gasteiger partial charge in [-0.1, -0.05) is 13.8 Å². The summed E-state index contributed by atoms with van der Waals surface area (Å²) in [6.07, 6.45) is 3.09. The molecule has 0 aliphatic carbocycles. The molecule has 1 rings (SSSR count). The largest absolute Gasteiger partial charge is 0.341 e. The van der Waals surface area contributed by atoms with Gasteiger partial charge in [-0.15, -0.1) is 11.6 Å². The van der Waals surface area contributed by atoms with Crippen molar-refractivity contribution in [2.24, 2.45) is 5.92 Å². The Labute approximate surface area is 85.2 Å². The lowest BCUT2D eigenvalue weighted by Crippen LogP contribution is -2.42. The molecular weight excluding hydrogens is 186 g/mol. The molecule has 0 aromatic carbocycles. The number of hydrogen-bond donors (Lipinski definition) is 0. The molecule has 3 heteroatoms. The number of carbonyl (C=O) groups is 1. The van der Waals surface area contributed by atoms with Gasteiger partial charge in [0, 0.05) is 13.1 Å². The Hall–Kier alpha value is -0.240. The maximum absolute atomic E-state index is 11.7. The van der Waals surface area contributed by atoms with Crippen molar-refractivity contribution in [1.82, 2.24) is 4.90 Å². The smallest absolute Gasteiger partial charge is 0.240 e. The number of halogens is 1. The fourth-order valence-electron chi connectivity index (χ4n) is 1.76. The van der Waals surface area contributed by atoms with Crippen LogP contribution in [0, 0.1) is 5.92 Å². The maximum Gasteiger partial charge on any atom is 0.240 e. The number of amides is 1. The van der Waals surface area contributed by atoms with Crippen LogP contribution >= 0.6 is 11.6 Å². The summed E-state index contributed by atoms with van der Waals surface area (Å²) in [5.74, 6) is 0.758. The number of nitrogens with zero attached hydrogens (tertiary/aromatic N) is 1. The molecule has 1 aliphatic rings. The van der Waals surface area contributed by atoms with Gasteiger partial charge in [0.05, 0.1) is 0 Å². The van der Waals surface area contributed by atoms with Crippen LogP contribution in [-0.4, -0.2) is 29.3 Å². The van der Waals surface area contributed by atoms with Gasteiger partial charge in [0.2, 0.25) is 5.91 Å². The van der Waals surface area contributed by atoms with E-state index in [0.717, 1.165) is 25.9 Å². The second kappa shape index (κ2) is 4.85. The van der Waals surface area contributed by atoms with Crippen LogP contribution in [0.3, 0.4) is 0 Å². The zero-order chi connectivity index (χ0) is 9.84. The van der Waals surface area contributed by atoms with Gasteiger partial charge in [-0.2, -0.15) is 0 Å². The summed E-state index contributed by atoms with van der Waals surface area (Å²) in [5.41, 5.74) is 0. The third-order valence-electron chi connectivity index (χ3n) is 2.60.